The fourth-order valence-corrected chi connectivity index (χ4v) is 3.00. The van der Waals surface area contributed by atoms with Gasteiger partial charge in [0.2, 0.25) is 0 Å². The molecular weight excluding hydrogens is 354 g/mol. The number of fused-ring (bicyclic) bond motifs is 1. The molecule has 4 rings (SSSR count). The molecule has 142 valence electrons. The lowest BCUT2D eigenvalue weighted by Gasteiger charge is -2.08. The maximum atomic E-state index is 6.15. The summed E-state index contributed by atoms with van der Waals surface area (Å²) in [6.07, 6.45) is 1.65. The summed E-state index contributed by atoms with van der Waals surface area (Å²) in [4.78, 5) is 4.76. The molecule has 0 amide bonds. The van der Waals surface area contributed by atoms with Crippen LogP contribution in [0.15, 0.2) is 80.8 Å². The van der Waals surface area contributed by atoms with Crippen LogP contribution in [0.3, 0.4) is 0 Å². The average Bonchev–Trinajstić information content (AvgIpc) is 3.26. The van der Waals surface area contributed by atoms with Crippen LogP contribution in [0.1, 0.15) is 12.7 Å². The zero-order chi connectivity index (χ0) is 19.3. The van der Waals surface area contributed by atoms with Crippen molar-refractivity contribution in [1.29, 1.82) is 0 Å². The van der Waals surface area contributed by atoms with Gasteiger partial charge in [0.25, 0.3) is 0 Å². The Kier molecular flexibility index (Phi) is 5.15. The summed E-state index contributed by atoms with van der Waals surface area (Å²) in [6, 6.07) is 19.3. The summed E-state index contributed by atoms with van der Waals surface area (Å²) in [6.45, 7) is 3.02. The molecule has 5 nitrogen and oxygen atoms in total. The lowest BCUT2D eigenvalue weighted by molar-refractivity contribution is 0.340. The smallest absolute Gasteiger partial charge is 0.137 e. The van der Waals surface area contributed by atoms with Crippen molar-refractivity contribution in [3.63, 3.8) is 0 Å². The van der Waals surface area contributed by atoms with E-state index in [1.165, 1.54) is 0 Å². The third-order valence-electron chi connectivity index (χ3n) is 4.39. The van der Waals surface area contributed by atoms with E-state index in [0.717, 1.165) is 44.9 Å². The SMILES string of the molecule is CCOc1ccc2oc(-c3ccc(OC)cc3)cc(=NCc3ccco3)c2c1. The van der Waals surface area contributed by atoms with Gasteiger partial charge >= 0.3 is 0 Å². The Morgan fingerprint density at radius 2 is 1.79 bits per heavy atom. The van der Waals surface area contributed by atoms with Crippen LogP contribution in [0.2, 0.25) is 0 Å². The van der Waals surface area contributed by atoms with E-state index in [4.69, 9.17) is 23.3 Å². The molecule has 5 heteroatoms. The summed E-state index contributed by atoms with van der Waals surface area (Å²) in [5.74, 6) is 3.13. The second-order valence-corrected chi connectivity index (χ2v) is 6.21. The van der Waals surface area contributed by atoms with E-state index in [9.17, 15) is 0 Å². The fraction of sp³-hybridized carbons (Fsp3) is 0.174. The molecule has 2 aromatic heterocycles. The molecule has 0 aliphatic rings. The molecule has 0 aliphatic heterocycles. The van der Waals surface area contributed by atoms with Crippen molar-refractivity contribution < 1.29 is 18.3 Å². The van der Waals surface area contributed by atoms with Gasteiger partial charge in [-0.3, -0.25) is 4.99 Å². The first-order chi connectivity index (χ1) is 13.8. The first kappa shape index (κ1) is 17.9. The molecule has 2 aromatic carbocycles. The van der Waals surface area contributed by atoms with Gasteiger partial charge < -0.3 is 18.3 Å². The quantitative estimate of drug-likeness (QED) is 0.465. The topological polar surface area (TPSA) is 57.1 Å². The van der Waals surface area contributed by atoms with Crippen LogP contribution in [0.25, 0.3) is 22.3 Å². The van der Waals surface area contributed by atoms with Crippen molar-refractivity contribution in [3.05, 3.63) is 78.0 Å². The van der Waals surface area contributed by atoms with Gasteiger partial charge in [-0.05, 0) is 61.5 Å². The number of ether oxygens (including phenoxy) is 2. The minimum atomic E-state index is 0.451. The second kappa shape index (κ2) is 8.05. The van der Waals surface area contributed by atoms with Gasteiger partial charge in [0.05, 0.1) is 31.9 Å². The second-order valence-electron chi connectivity index (χ2n) is 6.21. The Morgan fingerprint density at radius 3 is 2.50 bits per heavy atom. The highest BCUT2D eigenvalue weighted by Crippen LogP contribution is 2.26. The van der Waals surface area contributed by atoms with Gasteiger partial charge in [0.15, 0.2) is 0 Å². The number of hydrogen-bond donors (Lipinski definition) is 0. The summed E-state index contributed by atoms with van der Waals surface area (Å²) in [5, 5.41) is 1.72. The molecule has 0 radical (unpaired) electrons. The predicted octanol–water partition coefficient (Wildman–Crippen LogP) is 5.20. The lowest BCUT2D eigenvalue weighted by Crippen LogP contribution is -2.05. The molecule has 0 saturated carbocycles. The molecule has 0 N–H and O–H groups in total. The number of hydrogen-bond acceptors (Lipinski definition) is 5. The Labute approximate surface area is 162 Å². The molecule has 2 heterocycles. The standard InChI is InChI=1S/C23H21NO4/c1-3-26-18-10-11-22-20(13-18)21(24-15-19-5-4-12-27-19)14-23(28-22)16-6-8-17(25-2)9-7-16/h4-14H,3,15H2,1-2H3. The van der Waals surface area contributed by atoms with Crippen LogP contribution in [0.4, 0.5) is 0 Å². The molecule has 0 fully saturated rings. The highest BCUT2D eigenvalue weighted by atomic mass is 16.5. The van der Waals surface area contributed by atoms with Crippen LogP contribution in [0, 0.1) is 0 Å². The molecule has 0 unspecified atom stereocenters. The average molecular weight is 375 g/mol. The van der Waals surface area contributed by atoms with E-state index >= 15 is 0 Å². The van der Waals surface area contributed by atoms with Crippen molar-refractivity contribution in [2.45, 2.75) is 13.5 Å². The zero-order valence-electron chi connectivity index (χ0n) is 15.8. The number of rotatable bonds is 6. The molecule has 4 aromatic rings. The van der Waals surface area contributed by atoms with Gasteiger partial charge in [-0.25, -0.2) is 0 Å². The van der Waals surface area contributed by atoms with E-state index in [-0.39, 0.29) is 0 Å². The maximum Gasteiger partial charge on any atom is 0.137 e. The van der Waals surface area contributed by atoms with Gasteiger partial charge in [-0.1, -0.05) is 0 Å². The van der Waals surface area contributed by atoms with Crippen LogP contribution in [-0.2, 0) is 6.54 Å². The van der Waals surface area contributed by atoms with E-state index in [0.29, 0.717) is 13.2 Å². The minimum Gasteiger partial charge on any atom is -0.497 e. The number of methoxy groups -OCH3 is 1. The highest BCUT2D eigenvalue weighted by molar-refractivity contribution is 5.80. The van der Waals surface area contributed by atoms with Gasteiger partial charge in [-0.2, -0.15) is 0 Å². The highest BCUT2D eigenvalue weighted by Gasteiger charge is 2.08. The Bertz CT molecular complexity index is 1130. The monoisotopic (exact) mass is 375 g/mol. The first-order valence-electron chi connectivity index (χ1n) is 9.15. The maximum absolute atomic E-state index is 6.15. The fourth-order valence-electron chi connectivity index (χ4n) is 3.00. The van der Waals surface area contributed by atoms with Crippen LogP contribution < -0.4 is 14.8 Å². The van der Waals surface area contributed by atoms with Crippen LogP contribution in [0.5, 0.6) is 11.5 Å². The number of benzene rings is 2. The van der Waals surface area contributed by atoms with E-state index in [1.54, 1.807) is 13.4 Å². The Balaban J connectivity index is 1.85. The van der Waals surface area contributed by atoms with E-state index < -0.39 is 0 Å². The molecule has 0 bridgehead atoms. The molecule has 0 atom stereocenters. The Hall–Kier alpha value is -3.47. The van der Waals surface area contributed by atoms with Gasteiger partial charge in [0, 0.05) is 17.0 Å². The van der Waals surface area contributed by atoms with Gasteiger partial charge in [-0.15, -0.1) is 0 Å². The van der Waals surface area contributed by atoms with Crippen molar-refractivity contribution in [3.8, 4) is 22.8 Å². The van der Waals surface area contributed by atoms with Crippen molar-refractivity contribution in [2.24, 2.45) is 4.99 Å². The number of nitrogens with zero attached hydrogens (tertiary/aromatic N) is 1. The first-order valence-corrected chi connectivity index (χ1v) is 9.15. The largest absolute Gasteiger partial charge is 0.497 e. The lowest BCUT2D eigenvalue weighted by atomic mass is 10.1. The summed E-state index contributed by atoms with van der Waals surface area (Å²) in [5.41, 5.74) is 1.70. The number of furan rings is 1. The van der Waals surface area contributed by atoms with Crippen molar-refractivity contribution >= 4 is 11.0 Å². The molecule has 28 heavy (non-hydrogen) atoms. The summed E-state index contributed by atoms with van der Waals surface area (Å²) >= 11 is 0. The van der Waals surface area contributed by atoms with E-state index in [1.807, 2.05) is 67.6 Å². The van der Waals surface area contributed by atoms with E-state index in [2.05, 4.69) is 0 Å². The summed E-state index contributed by atoms with van der Waals surface area (Å²) < 4.78 is 22.5. The van der Waals surface area contributed by atoms with Crippen LogP contribution >= 0.6 is 0 Å². The third kappa shape index (κ3) is 3.78. The minimum absolute atomic E-state index is 0.451. The normalized spacial score (nSPS) is 11.7. The molecule has 0 saturated heterocycles. The van der Waals surface area contributed by atoms with Crippen molar-refractivity contribution in [2.75, 3.05) is 13.7 Å². The van der Waals surface area contributed by atoms with Gasteiger partial charge in [0.1, 0.15) is 28.6 Å². The summed E-state index contributed by atoms with van der Waals surface area (Å²) in [7, 11) is 1.65. The molecule has 0 spiro atoms. The zero-order valence-corrected chi connectivity index (χ0v) is 15.8. The van der Waals surface area contributed by atoms with Crippen LogP contribution in [-0.4, -0.2) is 13.7 Å². The predicted molar refractivity (Wildman–Crippen MR) is 107 cm³/mol. The third-order valence-corrected chi connectivity index (χ3v) is 4.39. The Morgan fingerprint density at radius 1 is 0.964 bits per heavy atom. The molecular formula is C23H21NO4. The van der Waals surface area contributed by atoms with Crippen molar-refractivity contribution in [1.82, 2.24) is 0 Å². The molecule has 0 aliphatic carbocycles.